The van der Waals surface area contributed by atoms with E-state index < -0.39 is 9.05 Å². The number of halogens is 7. The number of carbonyl (C=O) groups excluding carboxylic acids is 5. The van der Waals surface area contributed by atoms with E-state index in [0.717, 1.165) is 169 Å². The molecule has 12 aromatic rings. The summed E-state index contributed by atoms with van der Waals surface area (Å²) in [6.07, 6.45) is 0.925. The molecule has 6 amide bonds. The molecule has 3 fully saturated rings. The Balaban J connectivity index is 0.000000266. The predicted octanol–water partition coefficient (Wildman–Crippen LogP) is 10.0. The number of nitrogens with one attached hydrogen (secondary N) is 1. The van der Waals surface area contributed by atoms with Crippen LogP contribution in [0.2, 0.25) is 0 Å². The zero-order chi connectivity index (χ0) is 89.8. The van der Waals surface area contributed by atoms with Gasteiger partial charge in [-0.05, 0) is 229 Å². The molecule has 0 bridgehead atoms. The van der Waals surface area contributed by atoms with E-state index in [2.05, 4.69) is 277 Å². The van der Waals surface area contributed by atoms with Crippen LogP contribution in [-0.2, 0) is 89.4 Å². The summed E-state index contributed by atoms with van der Waals surface area (Å²) < 4.78 is 43.5. The fraction of sp³-hybridized carbons (Fsp3) is 0.369. The van der Waals surface area contributed by atoms with Crippen molar-refractivity contribution < 1.29 is 166 Å². The van der Waals surface area contributed by atoms with Gasteiger partial charge in [0.2, 0.25) is 20.9 Å². The van der Waals surface area contributed by atoms with Gasteiger partial charge >= 0.3 is 122 Å². The zero-order valence-corrected chi connectivity index (χ0v) is 89.1. The molecule has 0 spiro atoms. The second-order valence-electron chi connectivity index (χ2n) is 31.2. The van der Waals surface area contributed by atoms with Crippen LogP contribution in [0.1, 0.15) is 107 Å². The fourth-order valence-corrected chi connectivity index (χ4v) is 15.2. The predicted molar refractivity (Wildman–Crippen MR) is 497 cm³/mol. The SMILES string of the molecule is CC(C)Cn1nnc2c(Br)c(-c3ccc(CCl)cc3)ccc21.CC(C)Cn1nnc2c(Br)c(-c3ccc(CN4CC(=O)N(C)C4=O)cc3)ccc21.CC(C)Cn1nnc2c(Br)c(-c3ccc(CO)cc3)ccc21.CC(C)Cn1nnc2c(Br)c(I)ccc21.CC1(C)OB(c2ccc(CO)cc2)OC1(C)C.CN1C(=O)CNC1=O.CS(=O)(=O)Cl.O=CO[O-].[H-].[K+].[K+]. The van der Waals surface area contributed by atoms with Crippen LogP contribution >= 0.6 is 109 Å². The minimum absolute atomic E-state index is 0. The van der Waals surface area contributed by atoms with Crippen molar-refractivity contribution in [2.75, 3.05) is 33.4 Å². The van der Waals surface area contributed by atoms with Gasteiger partial charge in [-0.1, -0.05) is 192 Å². The Kier molecular flexibility index (Phi) is 43.4. The monoisotopic (exact) mass is 2170 g/mol. The van der Waals surface area contributed by atoms with Gasteiger partial charge in [-0.2, -0.15) is 0 Å². The number of likely N-dealkylation sites (N-methyl/N-ethyl adjacent to an activating group) is 2. The summed E-state index contributed by atoms with van der Waals surface area (Å²) in [5.74, 6) is 2.31. The first-order valence-electron chi connectivity index (χ1n) is 38.6. The van der Waals surface area contributed by atoms with Gasteiger partial charge in [0.15, 0.2) is 0 Å². The van der Waals surface area contributed by atoms with Crippen molar-refractivity contribution in [1.29, 1.82) is 0 Å². The minimum atomic E-state index is -3.19. The van der Waals surface area contributed by atoms with Crippen molar-refractivity contribution in [3.8, 4) is 33.4 Å². The molecule has 0 atom stereocenters. The number of aromatic nitrogens is 12. The first kappa shape index (κ1) is 108. The van der Waals surface area contributed by atoms with E-state index in [4.69, 9.17) is 41.2 Å². The summed E-state index contributed by atoms with van der Waals surface area (Å²) >= 11 is 22.7. The van der Waals surface area contributed by atoms with E-state index in [9.17, 15) is 27.6 Å². The first-order chi connectivity index (χ1) is 57.6. The smallest absolute Gasteiger partial charge is 1.00 e. The van der Waals surface area contributed by atoms with Gasteiger partial charge < -0.3 is 41.3 Å². The van der Waals surface area contributed by atoms with Gasteiger partial charge in [0.25, 0.3) is 6.47 Å². The van der Waals surface area contributed by atoms with Crippen molar-refractivity contribution in [3.05, 3.63) is 189 Å². The summed E-state index contributed by atoms with van der Waals surface area (Å²) in [5.41, 5.74) is 18.5. The number of hydrogen-bond acceptors (Lipinski definition) is 21. The molecule has 0 saturated carbocycles. The van der Waals surface area contributed by atoms with Gasteiger partial charge in [-0.3, -0.25) is 24.2 Å². The Morgan fingerprint density at radius 1 is 0.540 bits per heavy atom. The number of hydrogen-bond donors (Lipinski definition) is 3. The van der Waals surface area contributed by atoms with E-state index in [1.54, 1.807) is 4.90 Å². The maximum atomic E-state index is 12.1. The number of amides is 6. The van der Waals surface area contributed by atoms with Crippen LogP contribution in [0.25, 0.3) is 77.5 Å². The number of aliphatic hydroxyl groups is 2. The molecule has 0 aliphatic carbocycles. The Hall–Kier alpha value is -4.97. The third-order valence-corrected chi connectivity index (χ3v) is 24.3. The van der Waals surface area contributed by atoms with Crippen LogP contribution < -0.4 is 119 Å². The Bertz CT molecular complexity index is 5560. The van der Waals surface area contributed by atoms with Gasteiger partial charge in [-0.25, -0.2) is 36.7 Å². The molecular formula is C84H98BBr4Cl2IK2N16O13S. The van der Waals surface area contributed by atoms with Gasteiger partial charge in [0, 0.05) is 67.0 Å². The average Bonchev–Trinajstić information content (AvgIpc) is 1.71. The molecule has 15 rings (SSSR count). The number of carbonyl (C=O) groups is 5. The van der Waals surface area contributed by atoms with E-state index in [1.807, 2.05) is 119 Å². The molecule has 0 unspecified atom stereocenters. The molecule has 3 N–H and O–H groups in total. The van der Waals surface area contributed by atoms with E-state index in [0.29, 0.717) is 36.1 Å². The molecule has 652 valence electrons. The summed E-state index contributed by atoms with van der Waals surface area (Å²) in [7, 11) is 3.94. The Morgan fingerprint density at radius 3 is 1.13 bits per heavy atom. The first-order valence-corrected chi connectivity index (χ1v) is 46.1. The molecule has 3 saturated heterocycles. The van der Waals surface area contributed by atoms with Crippen LogP contribution in [0.3, 0.4) is 0 Å². The third-order valence-electron chi connectivity index (χ3n) is 19.2. The van der Waals surface area contributed by atoms with E-state index >= 15 is 0 Å². The maximum Gasteiger partial charge on any atom is 1.00 e. The summed E-state index contributed by atoms with van der Waals surface area (Å²) in [4.78, 5) is 59.6. The van der Waals surface area contributed by atoms with Crippen molar-refractivity contribution in [3.63, 3.8) is 0 Å². The number of imide groups is 2. The van der Waals surface area contributed by atoms with E-state index in [-0.39, 0.29) is 179 Å². The second-order valence-corrected chi connectivity index (χ2v) is 38.9. The molecule has 40 heteroatoms. The summed E-state index contributed by atoms with van der Waals surface area (Å²) in [6, 6.07) is 47.9. The number of aliphatic hydroxyl groups excluding tert-OH is 2. The van der Waals surface area contributed by atoms with Crippen LogP contribution in [0.15, 0.2) is 163 Å². The molecule has 7 heterocycles. The maximum absolute atomic E-state index is 12.1. The summed E-state index contributed by atoms with van der Waals surface area (Å²) in [6.45, 7) is 29.6. The van der Waals surface area contributed by atoms with Crippen molar-refractivity contribution in [1.82, 2.24) is 80.0 Å². The Labute approximate surface area is 865 Å². The fourth-order valence-electron chi connectivity index (χ4n) is 12.2. The standard InChI is InChI=1S/C21H22BrN5O2.C17H17BrClN3.C17H18BrN3O.C13H19BO3.C10H11BrIN3.C4H6N2O2.CH3ClO2S.CH2O3.2K.H/c1-13(2)10-27-17-9-8-16(19(22)20(17)23-24-27)15-6-4-14(5-7-15)11-26-12-18(28)25(3)21(26)29;1-11(2)10-22-15-8-7-14(16(18)17(15)20-21-22)13-5-3-12(9-19)4-6-13;1-11(2)9-21-15-8-7-14(16(18)17(15)19-20-21)13-5-3-12(10-22)4-6-13;1-12(2)13(3,4)17-14(16-12)11-7-5-10(9-15)6-8-11;1-6(2)5-15-8-4-3-7(12)9(11)10(8)13-14-15;1-6-3(7)2-5-4(6)8;1-5(2,3)4;2-1-4-3;;;/h4-9,13H,10-12H2,1-3H3;3-8,11H,9-10H2,1-2H3;3-8,11,22H,9-10H2,1-2H3;5-8,15H,9H2,1-4H3;3-4,6H,5H2,1-2H3;2H2,1H3,(H,5,8);1H3;1,3H;;;/q;;;;;;;;2*+1;-1/p-1. The largest absolute Gasteiger partial charge is 1.00 e. The van der Waals surface area contributed by atoms with Crippen LogP contribution in [-0.4, -0.2) is 175 Å². The second kappa shape index (κ2) is 49.9. The molecule has 4 aromatic heterocycles. The number of nitrogens with zero attached hydrogens (tertiary/aromatic N) is 15. The molecule has 0 radical (unpaired) electrons. The van der Waals surface area contributed by atoms with Gasteiger partial charge in [-0.15, -0.1) is 32.0 Å². The summed E-state index contributed by atoms with van der Waals surface area (Å²) in [5, 5.41) is 63.1. The van der Waals surface area contributed by atoms with Gasteiger partial charge in [0.1, 0.15) is 28.6 Å². The van der Waals surface area contributed by atoms with Crippen LogP contribution in [0, 0.1) is 27.2 Å². The molecule has 3 aliphatic rings. The molecule has 3 aliphatic heterocycles. The van der Waals surface area contributed by atoms with Crippen molar-refractivity contribution in [2.45, 2.75) is 146 Å². The number of fused-ring (bicyclic) bond motifs is 4. The zero-order valence-electron chi connectivity index (χ0n) is 73.0. The van der Waals surface area contributed by atoms with Crippen LogP contribution in [0.4, 0.5) is 9.59 Å². The third kappa shape index (κ3) is 29.8. The number of urea groups is 2. The van der Waals surface area contributed by atoms with Crippen molar-refractivity contribution in [2.24, 2.45) is 23.7 Å². The topological polar surface area (TPSA) is 355 Å². The van der Waals surface area contributed by atoms with Crippen molar-refractivity contribution >= 4 is 205 Å². The molecule has 8 aromatic carbocycles. The number of alkyl halides is 1. The quantitative estimate of drug-likeness (QED) is 0.0105. The average molecular weight is 2180 g/mol. The Morgan fingerprint density at radius 2 is 0.855 bits per heavy atom. The minimum Gasteiger partial charge on any atom is -1.00 e. The van der Waals surface area contributed by atoms with Crippen LogP contribution in [0.5, 0.6) is 0 Å². The molecule has 29 nitrogen and oxygen atoms in total. The molecule has 124 heavy (non-hydrogen) atoms. The molecular weight excluding hydrogens is 2080 g/mol. The number of benzene rings is 8. The normalized spacial score (nSPS) is 13.8. The number of rotatable bonds is 18. The van der Waals surface area contributed by atoms with E-state index in [1.165, 1.54) is 14.1 Å². The van der Waals surface area contributed by atoms with Gasteiger partial charge in [0.05, 0.1) is 77.2 Å².